The number of nitrogens with one attached hydrogen (secondary N) is 2. The van der Waals surface area contributed by atoms with Crippen molar-refractivity contribution in [3.63, 3.8) is 0 Å². The van der Waals surface area contributed by atoms with Crippen LogP contribution in [0.5, 0.6) is 5.75 Å². The maximum absolute atomic E-state index is 12.8. The maximum atomic E-state index is 12.8. The Bertz CT molecular complexity index is 898. The summed E-state index contributed by atoms with van der Waals surface area (Å²) in [5.41, 5.74) is -0.149. The number of hydrogen-bond acceptors (Lipinski definition) is 6. The van der Waals surface area contributed by atoms with Crippen LogP contribution in [0.2, 0.25) is 0 Å². The van der Waals surface area contributed by atoms with Gasteiger partial charge in [0.15, 0.2) is 0 Å². The van der Waals surface area contributed by atoms with Gasteiger partial charge in [0.1, 0.15) is 11.4 Å². The van der Waals surface area contributed by atoms with Gasteiger partial charge in [-0.2, -0.15) is 13.2 Å². The first kappa shape index (κ1) is 20.6. The fraction of sp³-hybridized carbons (Fsp3) is 0.444. The Hall–Kier alpha value is -3.11. The molecule has 1 aromatic heterocycles. The second-order valence-corrected chi connectivity index (χ2v) is 6.76. The first-order valence-electron chi connectivity index (χ1n) is 9.04. The number of carbonyl (C=O) groups excluding carboxylic acids is 1. The normalized spacial score (nSPS) is 15.3. The molecule has 0 radical (unpaired) electrons. The molecule has 1 aliphatic rings. The van der Waals surface area contributed by atoms with Crippen molar-refractivity contribution in [2.75, 3.05) is 25.0 Å². The summed E-state index contributed by atoms with van der Waals surface area (Å²) >= 11 is 0. The number of amides is 2. The van der Waals surface area contributed by atoms with Crippen LogP contribution in [0.25, 0.3) is 11.3 Å². The van der Waals surface area contributed by atoms with E-state index in [0.717, 1.165) is 25.0 Å². The molecule has 1 fully saturated rings. The van der Waals surface area contributed by atoms with E-state index in [1.165, 1.54) is 0 Å². The Morgan fingerprint density at radius 1 is 1.24 bits per heavy atom. The van der Waals surface area contributed by atoms with Crippen LogP contribution in [0.4, 0.5) is 23.9 Å². The fourth-order valence-corrected chi connectivity index (χ4v) is 3.16. The van der Waals surface area contributed by atoms with Crippen molar-refractivity contribution in [1.82, 2.24) is 25.8 Å². The Morgan fingerprint density at radius 3 is 2.48 bits per heavy atom. The van der Waals surface area contributed by atoms with E-state index < -0.39 is 17.5 Å². The van der Waals surface area contributed by atoms with Gasteiger partial charge in [0.05, 0.1) is 11.3 Å². The number of aromatic nitrogens is 3. The molecule has 0 atom stereocenters. The number of carbonyl (C=O) groups is 1. The van der Waals surface area contributed by atoms with Gasteiger partial charge in [-0.1, -0.05) is 0 Å². The molecule has 3 N–H and O–H groups in total. The number of phenolic OH excluding ortho intramolecular Hbond substituents is 1. The van der Waals surface area contributed by atoms with Crippen molar-refractivity contribution >= 4 is 12.0 Å². The molecule has 2 aromatic rings. The summed E-state index contributed by atoms with van der Waals surface area (Å²) in [6.45, 7) is 2.91. The van der Waals surface area contributed by atoms with E-state index in [0.29, 0.717) is 30.8 Å². The van der Waals surface area contributed by atoms with Crippen LogP contribution >= 0.6 is 0 Å². The lowest BCUT2D eigenvalue weighted by molar-refractivity contribution is -0.137. The van der Waals surface area contributed by atoms with Crippen LogP contribution in [0.1, 0.15) is 24.1 Å². The molecule has 2 heterocycles. The highest BCUT2D eigenvalue weighted by atomic mass is 19.4. The number of nitrogens with zero attached hydrogens (tertiary/aromatic N) is 4. The first-order valence-corrected chi connectivity index (χ1v) is 9.04. The van der Waals surface area contributed by atoms with E-state index in [4.69, 9.17) is 0 Å². The van der Waals surface area contributed by atoms with E-state index >= 15 is 0 Å². The van der Waals surface area contributed by atoms with Crippen molar-refractivity contribution < 1.29 is 23.1 Å². The molecule has 1 aromatic carbocycles. The second-order valence-electron chi connectivity index (χ2n) is 6.76. The lowest BCUT2D eigenvalue weighted by atomic mass is 10.1. The summed E-state index contributed by atoms with van der Waals surface area (Å²) in [6, 6.07) is 2.54. The minimum Gasteiger partial charge on any atom is -0.507 e. The van der Waals surface area contributed by atoms with Gasteiger partial charge < -0.3 is 20.6 Å². The number of rotatable bonds is 3. The number of phenols is 1. The summed E-state index contributed by atoms with van der Waals surface area (Å²) in [6.07, 6.45) is -3.10. The highest BCUT2D eigenvalue weighted by molar-refractivity contribution is 5.73. The Labute approximate surface area is 165 Å². The standard InChI is InChI=1S/C18H21F3N6O2/c1-10-15(13-4-3-11(9-14(13)28)18(19,20)21)25-26-16(23-10)27-7-5-12(6-8-27)24-17(29)22-2/h3-4,9,12,28H,5-8H2,1-2H3,(H2,22,24,29). The molecule has 0 spiro atoms. The SMILES string of the molecule is CNC(=O)NC1CCN(c2nnc(-c3ccc(C(F)(F)F)cc3O)c(C)n2)CC1. The Morgan fingerprint density at radius 2 is 1.93 bits per heavy atom. The van der Waals surface area contributed by atoms with Crippen LogP contribution in [0.15, 0.2) is 18.2 Å². The molecular formula is C18H21F3N6O2. The molecule has 3 rings (SSSR count). The summed E-state index contributed by atoms with van der Waals surface area (Å²) < 4.78 is 38.3. The lowest BCUT2D eigenvalue weighted by Crippen LogP contribution is -2.47. The summed E-state index contributed by atoms with van der Waals surface area (Å²) in [7, 11) is 1.56. The number of urea groups is 1. The highest BCUT2D eigenvalue weighted by Crippen LogP contribution is 2.36. The summed E-state index contributed by atoms with van der Waals surface area (Å²) in [5.74, 6) is -0.135. The first-order chi connectivity index (χ1) is 13.7. The van der Waals surface area contributed by atoms with Crippen molar-refractivity contribution in [2.45, 2.75) is 32.0 Å². The Balaban J connectivity index is 1.74. The van der Waals surface area contributed by atoms with Gasteiger partial charge in [0, 0.05) is 31.7 Å². The zero-order chi connectivity index (χ0) is 21.2. The summed E-state index contributed by atoms with van der Waals surface area (Å²) in [4.78, 5) is 17.7. The fourth-order valence-electron chi connectivity index (χ4n) is 3.16. The van der Waals surface area contributed by atoms with Gasteiger partial charge >= 0.3 is 12.2 Å². The van der Waals surface area contributed by atoms with Gasteiger partial charge in [-0.15, -0.1) is 10.2 Å². The molecule has 11 heteroatoms. The third-order valence-electron chi connectivity index (χ3n) is 4.77. The third kappa shape index (κ3) is 4.66. The van der Waals surface area contributed by atoms with Crippen LogP contribution in [-0.2, 0) is 6.18 Å². The topological polar surface area (TPSA) is 103 Å². The molecule has 0 bridgehead atoms. The van der Waals surface area contributed by atoms with Gasteiger partial charge in [0.2, 0.25) is 5.95 Å². The van der Waals surface area contributed by atoms with Gasteiger partial charge in [-0.05, 0) is 38.0 Å². The van der Waals surface area contributed by atoms with Crippen LogP contribution in [0.3, 0.4) is 0 Å². The van der Waals surface area contributed by atoms with E-state index in [2.05, 4.69) is 25.8 Å². The lowest BCUT2D eigenvalue weighted by Gasteiger charge is -2.32. The molecule has 1 aliphatic heterocycles. The predicted molar refractivity (Wildman–Crippen MR) is 99.5 cm³/mol. The van der Waals surface area contributed by atoms with Crippen LogP contribution in [-0.4, -0.2) is 52.5 Å². The van der Waals surface area contributed by atoms with Crippen molar-refractivity contribution in [2.24, 2.45) is 0 Å². The van der Waals surface area contributed by atoms with Crippen molar-refractivity contribution in [3.05, 3.63) is 29.5 Å². The molecule has 29 heavy (non-hydrogen) atoms. The number of piperidine rings is 1. The predicted octanol–water partition coefficient (Wildman–Crippen LogP) is 2.47. The number of halogens is 3. The smallest absolute Gasteiger partial charge is 0.416 e. The quantitative estimate of drug-likeness (QED) is 0.718. The number of hydrogen-bond donors (Lipinski definition) is 3. The number of benzene rings is 1. The van der Waals surface area contributed by atoms with Gasteiger partial charge in [-0.3, -0.25) is 0 Å². The molecule has 0 aliphatic carbocycles. The minimum atomic E-state index is -4.54. The molecule has 0 unspecified atom stereocenters. The molecule has 2 amide bonds. The number of aromatic hydroxyl groups is 1. The van der Waals surface area contributed by atoms with Crippen LogP contribution in [0, 0.1) is 6.92 Å². The number of alkyl halides is 3. The number of anilines is 1. The van der Waals surface area contributed by atoms with Gasteiger partial charge in [0.25, 0.3) is 0 Å². The zero-order valence-electron chi connectivity index (χ0n) is 15.9. The van der Waals surface area contributed by atoms with Crippen LogP contribution < -0.4 is 15.5 Å². The van der Waals surface area contributed by atoms with E-state index in [9.17, 15) is 23.1 Å². The molecule has 156 valence electrons. The average Bonchev–Trinajstić information content (AvgIpc) is 2.68. The average molecular weight is 410 g/mol. The molecule has 1 saturated heterocycles. The van der Waals surface area contributed by atoms with Crippen molar-refractivity contribution in [1.29, 1.82) is 0 Å². The summed E-state index contributed by atoms with van der Waals surface area (Å²) in [5, 5.41) is 23.6. The molecular weight excluding hydrogens is 389 g/mol. The molecule has 0 saturated carbocycles. The van der Waals surface area contributed by atoms with Gasteiger partial charge in [-0.25, -0.2) is 9.78 Å². The molecule has 8 nitrogen and oxygen atoms in total. The monoisotopic (exact) mass is 410 g/mol. The number of aryl methyl sites for hydroxylation is 1. The van der Waals surface area contributed by atoms with E-state index in [1.54, 1.807) is 14.0 Å². The van der Waals surface area contributed by atoms with Crippen molar-refractivity contribution in [3.8, 4) is 17.0 Å². The van der Waals surface area contributed by atoms with E-state index in [1.807, 2.05) is 4.90 Å². The zero-order valence-corrected chi connectivity index (χ0v) is 15.9. The minimum absolute atomic E-state index is 0.0589. The second kappa shape index (κ2) is 8.10. The highest BCUT2D eigenvalue weighted by Gasteiger charge is 2.31. The maximum Gasteiger partial charge on any atom is 0.416 e. The van der Waals surface area contributed by atoms with E-state index in [-0.39, 0.29) is 23.3 Å². The largest absolute Gasteiger partial charge is 0.507 e. The third-order valence-corrected chi connectivity index (χ3v) is 4.77. The Kier molecular flexibility index (Phi) is 5.76.